The first-order valence-electron chi connectivity index (χ1n) is 5.88. The van der Waals surface area contributed by atoms with Crippen LogP contribution in [0.15, 0.2) is 28.3 Å². The van der Waals surface area contributed by atoms with Crippen molar-refractivity contribution in [1.29, 1.82) is 0 Å². The van der Waals surface area contributed by atoms with Crippen molar-refractivity contribution < 1.29 is 21.2 Å². The third-order valence-electron chi connectivity index (χ3n) is 3.52. The van der Waals surface area contributed by atoms with Crippen LogP contribution in [-0.2, 0) is 0 Å². The van der Waals surface area contributed by atoms with Gasteiger partial charge in [0.25, 0.3) is 0 Å². The predicted octanol–water partition coefficient (Wildman–Crippen LogP) is 0.880. The van der Waals surface area contributed by atoms with Crippen molar-refractivity contribution in [1.82, 2.24) is 0 Å². The first-order valence-corrected chi connectivity index (χ1v) is 8.20. The molecule has 1 aliphatic carbocycles. The predicted molar refractivity (Wildman–Crippen MR) is 59.7 cm³/mol. The van der Waals surface area contributed by atoms with Gasteiger partial charge >= 0.3 is 102 Å². The molecule has 0 atom stereocenters. The summed E-state index contributed by atoms with van der Waals surface area (Å²) >= 11 is 0.193. The van der Waals surface area contributed by atoms with E-state index in [9.17, 15) is 0 Å². The molecule has 3 rings (SSSR count). The van der Waals surface area contributed by atoms with E-state index in [2.05, 4.69) is 28.3 Å². The molecule has 15 heavy (non-hydrogen) atoms. The molecule has 0 spiro atoms. The average molecular weight is 311 g/mol. The Morgan fingerprint density at radius 2 is 1.80 bits per heavy atom. The van der Waals surface area contributed by atoms with Gasteiger partial charge in [-0.2, -0.15) is 0 Å². The van der Waals surface area contributed by atoms with Crippen molar-refractivity contribution >= 4 is 5.57 Å². The summed E-state index contributed by atoms with van der Waals surface area (Å²) in [5.74, 6) is 0.891. The van der Waals surface area contributed by atoms with Gasteiger partial charge in [-0.25, -0.2) is 0 Å². The molecule has 0 saturated heterocycles. The van der Waals surface area contributed by atoms with E-state index in [1.807, 2.05) is 0 Å². The molecule has 1 aliphatic heterocycles. The minimum absolute atomic E-state index is 0.193. The molecule has 1 heteroatoms. The Hall–Kier alpha value is -0.310. The number of allylic oxidation sites excluding steroid dienone is 1. The summed E-state index contributed by atoms with van der Waals surface area (Å²) in [4.78, 5) is 0. The van der Waals surface area contributed by atoms with Crippen LogP contribution in [0.2, 0.25) is 0 Å². The van der Waals surface area contributed by atoms with Gasteiger partial charge in [-0.05, 0) is 0 Å². The zero-order valence-corrected chi connectivity index (χ0v) is 11.0. The topological polar surface area (TPSA) is 0 Å². The van der Waals surface area contributed by atoms with Crippen LogP contribution in [0.1, 0.15) is 37.7 Å². The molecule has 1 heterocycles. The van der Waals surface area contributed by atoms with Crippen molar-refractivity contribution in [2.75, 3.05) is 0 Å². The zero-order valence-electron chi connectivity index (χ0n) is 8.88. The molecule has 0 N–H and O–H groups in total. The second kappa shape index (κ2) is 4.28. The molecular weight excluding hydrogens is 295 g/mol. The summed E-state index contributed by atoms with van der Waals surface area (Å²) in [6.45, 7) is 0. The standard InChI is InChI=1S/C14H16I/c1-2-6-11(7-3-1)13-10-15-14-9-5-4-8-12(13)14/h4-5,8-11H,1-3,6-7H2/q-1. The Morgan fingerprint density at radius 1 is 1.00 bits per heavy atom. The fraction of sp³-hybridized carbons (Fsp3) is 0.429. The second-order valence-corrected chi connectivity index (χ2v) is 6.90. The van der Waals surface area contributed by atoms with E-state index in [-0.39, 0.29) is 21.2 Å². The fourth-order valence-corrected chi connectivity index (χ4v) is 5.45. The summed E-state index contributed by atoms with van der Waals surface area (Å²) in [5, 5.41) is 0. The van der Waals surface area contributed by atoms with Crippen molar-refractivity contribution in [3.8, 4) is 0 Å². The molecule has 0 bridgehead atoms. The van der Waals surface area contributed by atoms with Crippen LogP contribution in [0.5, 0.6) is 0 Å². The zero-order chi connectivity index (χ0) is 10.1. The number of fused-ring (bicyclic) bond motifs is 1. The Labute approximate surface area is 102 Å². The number of benzene rings is 1. The fourth-order valence-electron chi connectivity index (χ4n) is 2.69. The molecule has 1 saturated carbocycles. The summed E-state index contributed by atoms with van der Waals surface area (Å²) in [6, 6.07) is 9.05. The van der Waals surface area contributed by atoms with Crippen LogP contribution in [0.25, 0.3) is 5.57 Å². The van der Waals surface area contributed by atoms with E-state index in [0.29, 0.717) is 0 Å². The van der Waals surface area contributed by atoms with Crippen molar-refractivity contribution in [3.05, 3.63) is 37.5 Å². The monoisotopic (exact) mass is 311 g/mol. The third kappa shape index (κ3) is 1.86. The Kier molecular flexibility index (Phi) is 2.82. The van der Waals surface area contributed by atoms with Gasteiger partial charge < -0.3 is 0 Å². The third-order valence-corrected chi connectivity index (χ3v) is 6.11. The summed E-state index contributed by atoms with van der Waals surface area (Å²) in [5.41, 5.74) is 3.30. The van der Waals surface area contributed by atoms with Crippen LogP contribution in [0.3, 0.4) is 0 Å². The Bertz CT molecular complexity index is 386. The van der Waals surface area contributed by atoms with Crippen molar-refractivity contribution in [2.24, 2.45) is 5.92 Å². The van der Waals surface area contributed by atoms with Crippen molar-refractivity contribution in [3.63, 3.8) is 0 Å². The SMILES string of the molecule is C1=C(C2CCCCC2)c2ccccc2[I-]1. The molecule has 0 unspecified atom stereocenters. The van der Waals surface area contributed by atoms with E-state index < -0.39 is 0 Å². The van der Waals surface area contributed by atoms with Gasteiger partial charge in [0.2, 0.25) is 0 Å². The van der Waals surface area contributed by atoms with E-state index in [1.165, 1.54) is 32.1 Å². The van der Waals surface area contributed by atoms with Gasteiger partial charge in [0.15, 0.2) is 0 Å². The molecule has 1 aromatic carbocycles. The summed E-state index contributed by atoms with van der Waals surface area (Å²) in [6.07, 6.45) is 7.22. The molecule has 1 aromatic rings. The molecule has 80 valence electrons. The summed E-state index contributed by atoms with van der Waals surface area (Å²) in [7, 11) is 0. The van der Waals surface area contributed by atoms with E-state index >= 15 is 0 Å². The van der Waals surface area contributed by atoms with Crippen LogP contribution in [0.4, 0.5) is 0 Å². The molecule has 2 aliphatic rings. The first-order chi connectivity index (χ1) is 7.45. The van der Waals surface area contributed by atoms with Crippen LogP contribution in [-0.4, -0.2) is 0 Å². The van der Waals surface area contributed by atoms with Gasteiger partial charge in [-0.3, -0.25) is 0 Å². The van der Waals surface area contributed by atoms with Crippen LogP contribution >= 0.6 is 0 Å². The van der Waals surface area contributed by atoms with E-state index in [4.69, 9.17) is 0 Å². The molecular formula is C14H16I-. The number of rotatable bonds is 1. The first kappa shape index (κ1) is 9.88. The normalized spacial score (nSPS) is 21.7. The Morgan fingerprint density at radius 3 is 2.67 bits per heavy atom. The molecule has 0 nitrogen and oxygen atoms in total. The molecule has 0 amide bonds. The van der Waals surface area contributed by atoms with E-state index in [1.54, 1.807) is 14.7 Å². The van der Waals surface area contributed by atoms with Crippen LogP contribution in [0, 0.1) is 9.49 Å². The quantitative estimate of drug-likeness (QED) is 0.676. The van der Waals surface area contributed by atoms with Gasteiger partial charge in [0.1, 0.15) is 0 Å². The van der Waals surface area contributed by atoms with Gasteiger partial charge in [-0.1, -0.05) is 0 Å². The average Bonchev–Trinajstić information content (AvgIpc) is 2.74. The van der Waals surface area contributed by atoms with Crippen LogP contribution < -0.4 is 21.2 Å². The molecule has 0 radical (unpaired) electrons. The number of hydrogen-bond acceptors (Lipinski definition) is 0. The molecule has 1 fully saturated rings. The minimum atomic E-state index is 0.193. The maximum absolute atomic E-state index is 2.58. The second-order valence-electron chi connectivity index (χ2n) is 4.49. The van der Waals surface area contributed by atoms with E-state index in [0.717, 1.165) is 5.92 Å². The van der Waals surface area contributed by atoms with Gasteiger partial charge in [-0.15, -0.1) is 0 Å². The Balaban J connectivity index is 1.89. The van der Waals surface area contributed by atoms with Gasteiger partial charge in [0, 0.05) is 0 Å². The summed E-state index contributed by atoms with van der Waals surface area (Å²) < 4.78 is 4.23. The van der Waals surface area contributed by atoms with Crippen molar-refractivity contribution in [2.45, 2.75) is 32.1 Å². The number of hydrogen-bond donors (Lipinski definition) is 0. The maximum atomic E-state index is 2.58. The number of halogens is 1. The molecule has 0 aromatic heterocycles. The van der Waals surface area contributed by atoms with Gasteiger partial charge in [0.05, 0.1) is 0 Å².